The van der Waals surface area contributed by atoms with Gasteiger partial charge >= 0.3 is 0 Å². The lowest BCUT2D eigenvalue weighted by molar-refractivity contribution is -0.121. The van der Waals surface area contributed by atoms with E-state index in [1.807, 2.05) is 32.9 Å². The number of nitrogens with zero attached hydrogens (tertiary/aromatic N) is 1. The van der Waals surface area contributed by atoms with Gasteiger partial charge in [0.15, 0.2) is 0 Å². The average molecular weight is 419 g/mol. The summed E-state index contributed by atoms with van der Waals surface area (Å²) in [6.07, 6.45) is 0.614. The Morgan fingerprint density at radius 2 is 1.83 bits per heavy atom. The number of amides is 1. The second-order valence-electron chi connectivity index (χ2n) is 7.41. The largest absolute Gasteiger partial charge is 0.496 e. The third-order valence-electron chi connectivity index (χ3n) is 4.92. The third kappa shape index (κ3) is 5.58. The molecule has 0 aliphatic carbocycles. The van der Waals surface area contributed by atoms with Crippen LogP contribution in [0.2, 0.25) is 0 Å². The molecule has 2 rings (SSSR count). The fourth-order valence-corrected chi connectivity index (χ4v) is 4.23. The number of nitrogens with one attached hydrogen (secondary N) is 1. The van der Waals surface area contributed by atoms with Gasteiger partial charge in [-0.1, -0.05) is 23.8 Å². The topological polar surface area (TPSA) is 75.7 Å². The second-order valence-corrected chi connectivity index (χ2v) is 9.56. The van der Waals surface area contributed by atoms with Gasteiger partial charge in [0.1, 0.15) is 5.75 Å². The SMILES string of the molecule is COc1ccc(S(=O)(=O)N(C)C)cc1CCC(=O)NC(C)c1ccc(C)cc1C. The highest BCUT2D eigenvalue weighted by atomic mass is 32.2. The summed E-state index contributed by atoms with van der Waals surface area (Å²) in [5.41, 5.74) is 4.09. The molecule has 0 heterocycles. The molecule has 1 atom stereocenters. The molecule has 1 amide bonds. The average Bonchev–Trinajstić information content (AvgIpc) is 2.65. The zero-order valence-corrected chi connectivity index (χ0v) is 18.8. The van der Waals surface area contributed by atoms with Gasteiger partial charge in [-0.05, 0) is 62.1 Å². The molecule has 0 aliphatic heterocycles. The molecule has 0 aromatic heterocycles. The predicted octanol–water partition coefficient (Wildman–Crippen LogP) is 3.37. The third-order valence-corrected chi connectivity index (χ3v) is 6.73. The first-order chi connectivity index (χ1) is 13.6. The number of aryl methyl sites for hydroxylation is 3. The molecule has 0 radical (unpaired) electrons. The van der Waals surface area contributed by atoms with E-state index in [0.29, 0.717) is 17.7 Å². The van der Waals surface area contributed by atoms with Crippen molar-refractivity contribution in [2.24, 2.45) is 0 Å². The van der Waals surface area contributed by atoms with Crippen molar-refractivity contribution in [3.05, 3.63) is 58.7 Å². The van der Waals surface area contributed by atoms with Crippen LogP contribution in [0.15, 0.2) is 41.3 Å². The van der Waals surface area contributed by atoms with Crippen molar-refractivity contribution in [2.45, 2.75) is 44.6 Å². The molecule has 0 spiro atoms. The molecule has 0 bridgehead atoms. The molecule has 0 saturated heterocycles. The molecular formula is C22H30N2O4S. The molecule has 1 N–H and O–H groups in total. The minimum absolute atomic E-state index is 0.0969. The van der Waals surface area contributed by atoms with E-state index in [2.05, 4.69) is 11.4 Å². The lowest BCUT2D eigenvalue weighted by atomic mass is 10.00. The summed E-state index contributed by atoms with van der Waals surface area (Å²) in [4.78, 5) is 12.7. The Kier molecular flexibility index (Phi) is 7.43. The summed E-state index contributed by atoms with van der Waals surface area (Å²) >= 11 is 0. The van der Waals surface area contributed by atoms with Crippen molar-refractivity contribution in [2.75, 3.05) is 21.2 Å². The molecule has 0 aliphatic rings. The summed E-state index contributed by atoms with van der Waals surface area (Å²) in [5.74, 6) is 0.471. The molecule has 6 nitrogen and oxygen atoms in total. The highest BCUT2D eigenvalue weighted by Crippen LogP contribution is 2.25. The standard InChI is InChI=1S/C22H30N2O4S/c1-15-7-10-20(16(2)13-15)17(3)23-22(25)12-8-18-14-19(9-11-21(18)28-6)29(26,27)24(4)5/h7,9-11,13-14,17H,8,12H2,1-6H3,(H,23,25). The van der Waals surface area contributed by atoms with E-state index < -0.39 is 10.0 Å². The summed E-state index contributed by atoms with van der Waals surface area (Å²) < 4.78 is 31.3. The number of methoxy groups -OCH3 is 1. The van der Waals surface area contributed by atoms with Crippen LogP contribution in [0.3, 0.4) is 0 Å². The van der Waals surface area contributed by atoms with Crippen LogP contribution in [0.1, 0.15) is 41.6 Å². The number of carbonyl (C=O) groups is 1. The lowest BCUT2D eigenvalue weighted by Crippen LogP contribution is -2.27. The quantitative estimate of drug-likeness (QED) is 0.713. The van der Waals surface area contributed by atoms with Crippen LogP contribution in [0.4, 0.5) is 0 Å². The Morgan fingerprint density at radius 3 is 2.41 bits per heavy atom. The minimum atomic E-state index is -3.55. The number of sulfonamides is 1. The van der Waals surface area contributed by atoms with Gasteiger partial charge < -0.3 is 10.1 Å². The van der Waals surface area contributed by atoms with Crippen LogP contribution in [0.5, 0.6) is 5.75 Å². The van der Waals surface area contributed by atoms with E-state index >= 15 is 0 Å². The van der Waals surface area contributed by atoms with Gasteiger partial charge in [0.05, 0.1) is 18.0 Å². The zero-order chi connectivity index (χ0) is 21.8. The van der Waals surface area contributed by atoms with Gasteiger partial charge in [-0.25, -0.2) is 12.7 Å². The first-order valence-corrected chi connectivity index (χ1v) is 11.0. The summed E-state index contributed by atoms with van der Waals surface area (Å²) in [6.45, 7) is 6.03. The number of ether oxygens (including phenoxy) is 1. The van der Waals surface area contributed by atoms with E-state index in [-0.39, 0.29) is 23.3 Å². The molecule has 7 heteroatoms. The van der Waals surface area contributed by atoms with Crippen LogP contribution < -0.4 is 10.1 Å². The first-order valence-electron chi connectivity index (χ1n) is 9.52. The maximum Gasteiger partial charge on any atom is 0.242 e. The van der Waals surface area contributed by atoms with Crippen LogP contribution >= 0.6 is 0 Å². The minimum Gasteiger partial charge on any atom is -0.496 e. The molecule has 1 unspecified atom stereocenters. The number of rotatable bonds is 8. The number of hydrogen-bond donors (Lipinski definition) is 1. The van der Waals surface area contributed by atoms with Crippen molar-refractivity contribution >= 4 is 15.9 Å². The Balaban J connectivity index is 2.11. The maximum atomic E-state index is 12.5. The van der Waals surface area contributed by atoms with Crippen LogP contribution in [-0.2, 0) is 21.2 Å². The van der Waals surface area contributed by atoms with Crippen LogP contribution in [0.25, 0.3) is 0 Å². The summed E-state index contributed by atoms with van der Waals surface area (Å²) in [5, 5.41) is 3.02. The predicted molar refractivity (Wildman–Crippen MR) is 115 cm³/mol. The number of carbonyl (C=O) groups excluding carboxylic acids is 1. The summed E-state index contributed by atoms with van der Waals surface area (Å²) in [6, 6.07) is 10.8. The number of hydrogen-bond acceptors (Lipinski definition) is 4. The molecule has 29 heavy (non-hydrogen) atoms. The van der Waals surface area contributed by atoms with E-state index in [1.54, 1.807) is 12.1 Å². The normalized spacial score (nSPS) is 12.7. The van der Waals surface area contributed by atoms with Crippen molar-refractivity contribution < 1.29 is 17.9 Å². The Labute approximate surface area is 173 Å². The van der Waals surface area contributed by atoms with Gasteiger partial charge in [0, 0.05) is 20.5 Å². The smallest absolute Gasteiger partial charge is 0.242 e. The van der Waals surface area contributed by atoms with Crippen molar-refractivity contribution in [1.29, 1.82) is 0 Å². The zero-order valence-electron chi connectivity index (χ0n) is 17.9. The van der Waals surface area contributed by atoms with Gasteiger partial charge in [-0.2, -0.15) is 0 Å². The van der Waals surface area contributed by atoms with E-state index in [9.17, 15) is 13.2 Å². The highest BCUT2D eigenvalue weighted by Gasteiger charge is 2.19. The fraction of sp³-hybridized carbons (Fsp3) is 0.409. The van der Waals surface area contributed by atoms with Gasteiger partial charge in [-0.3, -0.25) is 4.79 Å². The van der Waals surface area contributed by atoms with Gasteiger partial charge in [-0.15, -0.1) is 0 Å². The van der Waals surface area contributed by atoms with Crippen molar-refractivity contribution in [3.8, 4) is 5.75 Å². The molecular weight excluding hydrogens is 388 g/mol. The first kappa shape index (κ1) is 22.9. The molecule has 2 aromatic rings. The van der Waals surface area contributed by atoms with Gasteiger partial charge in [0.25, 0.3) is 0 Å². The maximum absolute atomic E-state index is 12.5. The molecule has 0 saturated carbocycles. The summed E-state index contributed by atoms with van der Waals surface area (Å²) in [7, 11) is 0.954. The lowest BCUT2D eigenvalue weighted by Gasteiger charge is -2.18. The second kappa shape index (κ2) is 9.41. The Morgan fingerprint density at radius 1 is 1.14 bits per heavy atom. The van der Waals surface area contributed by atoms with Crippen LogP contribution in [0, 0.1) is 13.8 Å². The molecule has 2 aromatic carbocycles. The van der Waals surface area contributed by atoms with Crippen molar-refractivity contribution in [3.63, 3.8) is 0 Å². The van der Waals surface area contributed by atoms with E-state index in [4.69, 9.17) is 4.74 Å². The molecule has 0 fully saturated rings. The monoisotopic (exact) mass is 418 g/mol. The van der Waals surface area contributed by atoms with E-state index in [1.165, 1.54) is 32.8 Å². The van der Waals surface area contributed by atoms with Gasteiger partial charge in [0.2, 0.25) is 15.9 Å². The van der Waals surface area contributed by atoms with Crippen LogP contribution in [-0.4, -0.2) is 39.8 Å². The Bertz CT molecular complexity index is 984. The molecule has 158 valence electrons. The highest BCUT2D eigenvalue weighted by molar-refractivity contribution is 7.89. The van der Waals surface area contributed by atoms with E-state index in [0.717, 1.165) is 15.4 Å². The Hall–Kier alpha value is -2.38. The number of benzene rings is 2. The fourth-order valence-electron chi connectivity index (χ4n) is 3.27. The van der Waals surface area contributed by atoms with Crippen molar-refractivity contribution in [1.82, 2.24) is 9.62 Å².